The van der Waals surface area contributed by atoms with E-state index in [4.69, 9.17) is 4.74 Å². The molecule has 4 bridgehead atoms. The van der Waals surface area contributed by atoms with E-state index in [1.165, 1.54) is 19.3 Å². The minimum absolute atomic E-state index is 0.0482. The zero-order valence-electron chi connectivity index (χ0n) is 16.0. The molecular formula is C22H34O3. The molecule has 140 valence electrons. The van der Waals surface area contributed by atoms with Crippen LogP contribution in [0, 0.1) is 23.7 Å². The molecule has 0 N–H and O–H groups in total. The van der Waals surface area contributed by atoms with Crippen molar-refractivity contribution in [3.8, 4) is 0 Å². The Bertz CT molecular complexity index is 484. The summed E-state index contributed by atoms with van der Waals surface area (Å²) >= 11 is 0. The van der Waals surface area contributed by atoms with Crippen molar-refractivity contribution in [3.63, 3.8) is 0 Å². The van der Waals surface area contributed by atoms with Crippen molar-refractivity contribution in [1.29, 1.82) is 0 Å². The van der Waals surface area contributed by atoms with Gasteiger partial charge in [0, 0.05) is 6.42 Å². The third kappa shape index (κ3) is 4.74. The molecule has 0 aliphatic heterocycles. The van der Waals surface area contributed by atoms with Crippen LogP contribution in [0.2, 0.25) is 0 Å². The Morgan fingerprint density at radius 3 is 2.16 bits per heavy atom. The summed E-state index contributed by atoms with van der Waals surface area (Å²) in [5.41, 5.74) is -0.148. The van der Waals surface area contributed by atoms with E-state index in [0.717, 1.165) is 56.3 Å². The number of hydrogen-bond donors (Lipinski definition) is 0. The van der Waals surface area contributed by atoms with Gasteiger partial charge in [0.1, 0.15) is 5.60 Å². The lowest BCUT2D eigenvalue weighted by atomic mass is 9.54. The van der Waals surface area contributed by atoms with Crippen LogP contribution in [0.25, 0.3) is 0 Å². The van der Waals surface area contributed by atoms with Crippen molar-refractivity contribution in [1.82, 2.24) is 0 Å². The summed E-state index contributed by atoms with van der Waals surface area (Å²) in [6, 6.07) is 0. The van der Waals surface area contributed by atoms with Crippen LogP contribution in [-0.2, 0) is 14.3 Å². The fraction of sp³-hybridized carbons (Fsp3) is 0.818. The van der Waals surface area contributed by atoms with Gasteiger partial charge in [-0.25, -0.2) is 0 Å². The molecule has 0 unspecified atom stereocenters. The lowest BCUT2D eigenvalue weighted by Crippen LogP contribution is -2.52. The maximum atomic E-state index is 12.6. The number of hydrogen-bond acceptors (Lipinski definition) is 3. The Balaban J connectivity index is 1.55. The van der Waals surface area contributed by atoms with Gasteiger partial charge in [-0.05, 0) is 81.1 Å². The van der Waals surface area contributed by atoms with Crippen LogP contribution in [-0.4, -0.2) is 17.4 Å². The van der Waals surface area contributed by atoms with Crippen LogP contribution in [0.5, 0.6) is 0 Å². The second kappa shape index (κ2) is 8.05. The first-order valence-electron chi connectivity index (χ1n) is 10.4. The molecule has 4 saturated carbocycles. The molecule has 1 atom stereocenters. The first-order chi connectivity index (χ1) is 12.0. The highest BCUT2D eigenvalue weighted by Gasteiger charge is 2.53. The third-order valence-corrected chi connectivity index (χ3v) is 6.45. The minimum Gasteiger partial charge on any atom is -0.459 e. The van der Waals surface area contributed by atoms with Gasteiger partial charge in [0.05, 0.1) is 6.42 Å². The number of ketones is 1. The van der Waals surface area contributed by atoms with E-state index >= 15 is 0 Å². The normalized spacial score (nSPS) is 34.4. The average molecular weight is 347 g/mol. The van der Waals surface area contributed by atoms with Gasteiger partial charge < -0.3 is 4.74 Å². The SMILES string of the molecule is CCCC(=O)/C=C/[C@@H](CCC)CC(=O)OC12CC3CC(CC(C3)C1)C2. The Hall–Kier alpha value is -1.12. The molecule has 0 aromatic carbocycles. The smallest absolute Gasteiger partial charge is 0.306 e. The van der Waals surface area contributed by atoms with E-state index in [2.05, 4.69) is 6.92 Å². The fourth-order valence-electron chi connectivity index (χ4n) is 5.86. The van der Waals surface area contributed by atoms with E-state index in [9.17, 15) is 9.59 Å². The molecule has 0 amide bonds. The van der Waals surface area contributed by atoms with Crippen LogP contribution in [0.1, 0.15) is 84.5 Å². The molecule has 0 spiro atoms. The summed E-state index contributed by atoms with van der Waals surface area (Å²) in [5, 5.41) is 0. The molecule has 0 aromatic rings. The minimum atomic E-state index is -0.148. The highest BCUT2D eigenvalue weighted by atomic mass is 16.6. The summed E-state index contributed by atoms with van der Waals surface area (Å²) < 4.78 is 6.12. The van der Waals surface area contributed by atoms with Gasteiger partial charge in [-0.15, -0.1) is 0 Å². The van der Waals surface area contributed by atoms with Gasteiger partial charge in [-0.2, -0.15) is 0 Å². The molecule has 0 aromatic heterocycles. The van der Waals surface area contributed by atoms with Crippen molar-refractivity contribution in [2.45, 2.75) is 90.1 Å². The van der Waals surface area contributed by atoms with E-state index in [1.807, 2.05) is 13.0 Å². The number of allylic oxidation sites excluding steroid dienone is 2. The second-order valence-electron chi connectivity index (χ2n) is 8.90. The Morgan fingerprint density at radius 1 is 1.04 bits per heavy atom. The number of ether oxygens (including phenoxy) is 1. The number of rotatable bonds is 9. The first kappa shape index (κ1) is 18.7. The fourth-order valence-corrected chi connectivity index (χ4v) is 5.86. The van der Waals surface area contributed by atoms with Gasteiger partial charge in [-0.3, -0.25) is 9.59 Å². The summed E-state index contributed by atoms with van der Waals surface area (Å²) in [4.78, 5) is 24.4. The molecular weight excluding hydrogens is 312 g/mol. The van der Waals surface area contributed by atoms with Crippen molar-refractivity contribution < 1.29 is 14.3 Å². The molecule has 3 heteroatoms. The molecule has 3 nitrogen and oxygen atoms in total. The second-order valence-corrected chi connectivity index (χ2v) is 8.90. The highest BCUT2D eigenvalue weighted by Crippen LogP contribution is 2.57. The summed E-state index contributed by atoms with van der Waals surface area (Å²) in [6.07, 6.45) is 14.8. The van der Waals surface area contributed by atoms with Gasteiger partial charge >= 0.3 is 5.97 Å². The Labute approximate surface area is 152 Å². The monoisotopic (exact) mass is 346 g/mol. The lowest BCUT2D eigenvalue weighted by molar-refractivity contribution is -0.187. The summed E-state index contributed by atoms with van der Waals surface area (Å²) in [5.74, 6) is 2.62. The molecule has 4 aliphatic rings. The maximum Gasteiger partial charge on any atom is 0.306 e. The predicted octanol–water partition coefficient (Wildman–Crippen LogP) is 5.23. The van der Waals surface area contributed by atoms with Crippen LogP contribution in [0.4, 0.5) is 0 Å². The molecule has 4 fully saturated rings. The van der Waals surface area contributed by atoms with E-state index in [0.29, 0.717) is 12.8 Å². The Kier molecular flexibility index (Phi) is 6.01. The highest BCUT2D eigenvalue weighted by molar-refractivity contribution is 5.89. The van der Waals surface area contributed by atoms with E-state index in [1.54, 1.807) is 6.08 Å². The van der Waals surface area contributed by atoms with Crippen LogP contribution < -0.4 is 0 Å². The first-order valence-corrected chi connectivity index (χ1v) is 10.4. The zero-order valence-corrected chi connectivity index (χ0v) is 16.0. The van der Waals surface area contributed by atoms with Crippen molar-refractivity contribution >= 4 is 11.8 Å². The molecule has 0 saturated heterocycles. The van der Waals surface area contributed by atoms with Crippen LogP contribution in [0.3, 0.4) is 0 Å². The van der Waals surface area contributed by atoms with Crippen LogP contribution in [0.15, 0.2) is 12.2 Å². The van der Waals surface area contributed by atoms with E-state index < -0.39 is 0 Å². The van der Waals surface area contributed by atoms with Crippen molar-refractivity contribution in [2.24, 2.45) is 23.7 Å². The van der Waals surface area contributed by atoms with Crippen LogP contribution >= 0.6 is 0 Å². The molecule has 25 heavy (non-hydrogen) atoms. The molecule has 4 rings (SSSR count). The number of carbonyl (C=O) groups excluding carboxylic acids is 2. The topological polar surface area (TPSA) is 43.4 Å². The lowest BCUT2D eigenvalue weighted by Gasteiger charge is -2.55. The van der Waals surface area contributed by atoms with Gasteiger partial charge in [0.15, 0.2) is 5.78 Å². The average Bonchev–Trinajstić information content (AvgIpc) is 2.51. The summed E-state index contributed by atoms with van der Waals surface area (Å²) in [7, 11) is 0. The van der Waals surface area contributed by atoms with Crippen molar-refractivity contribution in [2.75, 3.05) is 0 Å². The maximum absolute atomic E-state index is 12.6. The Morgan fingerprint density at radius 2 is 1.64 bits per heavy atom. The molecule has 0 radical (unpaired) electrons. The van der Waals surface area contributed by atoms with Crippen molar-refractivity contribution in [3.05, 3.63) is 12.2 Å². The number of carbonyl (C=O) groups is 2. The molecule has 0 heterocycles. The predicted molar refractivity (Wildman–Crippen MR) is 99.1 cm³/mol. The quantitative estimate of drug-likeness (QED) is 0.424. The van der Waals surface area contributed by atoms with E-state index in [-0.39, 0.29) is 23.3 Å². The standard InChI is InChI=1S/C22H34O3/c1-3-5-16(7-8-20(23)6-4-2)12-21(24)25-22-13-17-9-18(14-22)11-19(10-17)15-22/h7-8,16-19H,3-6,9-15H2,1-2H3/b8-7+/t16-,17?,18?,19?,22?/m1/s1. The van der Waals surface area contributed by atoms with Gasteiger partial charge in [0.25, 0.3) is 0 Å². The largest absolute Gasteiger partial charge is 0.459 e. The number of esters is 1. The third-order valence-electron chi connectivity index (χ3n) is 6.45. The van der Waals surface area contributed by atoms with Gasteiger partial charge in [0.2, 0.25) is 0 Å². The summed E-state index contributed by atoms with van der Waals surface area (Å²) in [6.45, 7) is 4.14. The molecule has 4 aliphatic carbocycles. The zero-order chi connectivity index (χ0) is 17.9. The van der Waals surface area contributed by atoms with Gasteiger partial charge in [-0.1, -0.05) is 26.3 Å².